The maximum Gasteiger partial charge on any atom is 0.0318 e. The van der Waals surface area contributed by atoms with Gasteiger partial charge < -0.3 is 0 Å². The molecule has 0 atom stereocenters. The molecule has 302 valence electrons. The predicted octanol–water partition coefficient (Wildman–Crippen LogP) is 18.0. The normalized spacial score (nSPS) is 13.7. The molecule has 0 unspecified atom stereocenters. The van der Waals surface area contributed by atoms with E-state index in [1.54, 1.807) is 0 Å². The van der Waals surface area contributed by atoms with Gasteiger partial charge in [0.25, 0.3) is 0 Å². The molecular formula is C63H50. The van der Waals surface area contributed by atoms with Crippen molar-refractivity contribution in [3.63, 3.8) is 0 Å². The SMILES string of the molecule is CC(C)(C)C1(C(C)(C)C)c2cc(-c3cccc(-c4c5ccccc5c(-c5ccc6ccccc6c5)c5ccccc45)c3)c3ccccc3c2-c2c1c1ccccc1c1ccccc21. The second-order valence-electron chi connectivity index (χ2n) is 20.0. The molecule has 1 aliphatic carbocycles. The van der Waals surface area contributed by atoms with Crippen LogP contribution in [0.25, 0.3) is 109 Å². The highest BCUT2D eigenvalue weighted by molar-refractivity contribution is 6.24. The van der Waals surface area contributed by atoms with Crippen LogP contribution in [0.2, 0.25) is 0 Å². The van der Waals surface area contributed by atoms with Gasteiger partial charge in [-0.2, -0.15) is 0 Å². The van der Waals surface area contributed by atoms with Crippen molar-refractivity contribution in [1.82, 2.24) is 0 Å². The third kappa shape index (κ3) is 5.22. The summed E-state index contributed by atoms with van der Waals surface area (Å²) in [6.07, 6.45) is 0. The summed E-state index contributed by atoms with van der Waals surface area (Å²) in [5.41, 5.74) is 12.7. The van der Waals surface area contributed by atoms with E-state index in [1.807, 2.05) is 0 Å². The zero-order valence-corrected chi connectivity index (χ0v) is 37.0. The molecule has 11 aromatic carbocycles. The van der Waals surface area contributed by atoms with Crippen molar-refractivity contribution in [2.75, 3.05) is 0 Å². The lowest BCUT2D eigenvalue weighted by Crippen LogP contribution is -2.50. The first kappa shape index (κ1) is 37.7. The average molecular weight is 807 g/mol. The summed E-state index contributed by atoms with van der Waals surface area (Å²) < 4.78 is 0. The van der Waals surface area contributed by atoms with Crippen LogP contribution in [-0.2, 0) is 5.41 Å². The summed E-state index contributed by atoms with van der Waals surface area (Å²) >= 11 is 0. The zero-order chi connectivity index (χ0) is 42.8. The van der Waals surface area contributed by atoms with Crippen molar-refractivity contribution in [1.29, 1.82) is 0 Å². The number of hydrogen-bond donors (Lipinski definition) is 0. The third-order valence-corrected chi connectivity index (χ3v) is 14.7. The topological polar surface area (TPSA) is 0 Å². The largest absolute Gasteiger partial charge is 0.0616 e. The fourth-order valence-electron chi connectivity index (χ4n) is 12.7. The van der Waals surface area contributed by atoms with Gasteiger partial charge in [-0.1, -0.05) is 217 Å². The Morgan fingerprint density at radius 3 is 1.25 bits per heavy atom. The zero-order valence-electron chi connectivity index (χ0n) is 37.0. The monoisotopic (exact) mass is 806 g/mol. The molecule has 0 aliphatic heterocycles. The molecule has 12 rings (SSSR count). The first-order valence-corrected chi connectivity index (χ1v) is 22.6. The van der Waals surface area contributed by atoms with Crippen LogP contribution in [0, 0.1) is 10.8 Å². The summed E-state index contributed by atoms with van der Waals surface area (Å²) in [6.45, 7) is 14.9. The molecule has 0 spiro atoms. The van der Waals surface area contributed by atoms with E-state index in [0.717, 1.165) is 0 Å². The van der Waals surface area contributed by atoms with Crippen LogP contribution in [0.1, 0.15) is 52.7 Å². The van der Waals surface area contributed by atoms with Gasteiger partial charge in [-0.05, 0) is 149 Å². The summed E-state index contributed by atoms with van der Waals surface area (Å²) in [4.78, 5) is 0. The molecule has 0 amide bonds. The van der Waals surface area contributed by atoms with E-state index in [0.29, 0.717) is 0 Å². The van der Waals surface area contributed by atoms with Gasteiger partial charge in [-0.15, -0.1) is 0 Å². The standard InChI is InChI=1S/C63H50/c1-61(2,3)63(62(4,5)6)55-38-54(46-26-10-12-27-47(46)58(55)59-48-28-13-9-24-44(48)45-25-11-18-33-53(45)60(59)63)41-22-19-23-42(37-41)56-49-29-14-16-31-51(49)57(52-32-17-15-30-50(52)56)43-35-34-39-20-7-8-21-40(39)36-43/h7-38H,1-6H3. The van der Waals surface area contributed by atoms with E-state index >= 15 is 0 Å². The summed E-state index contributed by atoms with van der Waals surface area (Å²) in [5.74, 6) is 0. The molecule has 0 aromatic heterocycles. The Kier molecular flexibility index (Phi) is 8.08. The van der Waals surface area contributed by atoms with Gasteiger partial charge in [0.2, 0.25) is 0 Å². The van der Waals surface area contributed by atoms with Crippen LogP contribution in [0.5, 0.6) is 0 Å². The molecule has 0 saturated heterocycles. The van der Waals surface area contributed by atoms with Crippen LogP contribution in [-0.4, -0.2) is 0 Å². The molecule has 63 heavy (non-hydrogen) atoms. The predicted molar refractivity (Wildman–Crippen MR) is 273 cm³/mol. The average Bonchev–Trinajstić information content (AvgIpc) is 3.64. The van der Waals surface area contributed by atoms with E-state index in [2.05, 4.69) is 236 Å². The third-order valence-electron chi connectivity index (χ3n) is 14.7. The number of fused-ring (bicyclic) bond motifs is 13. The second-order valence-corrected chi connectivity index (χ2v) is 20.0. The Balaban J connectivity index is 1.16. The van der Waals surface area contributed by atoms with Gasteiger partial charge >= 0.3 is 0 Å². The molecule has 0 fully saturated rings. The molecule has 0 radical (unpaired) electrons. The fraction of sp³-hybridized carbons (Fsp3) is 0.143. The van der Waals surface area contributed by atoms with Crippen molar-refractivity contribution in [2.45, 2.75) is 47.0 Å². The van der Waals surface area contributed by atoms with Gasteiger partial charge in [0, 0.05) is 5.41 Å². The van der Waals surface area contributed by atoms with Crippen LogP contribution in [0.4, 0.5) is 0 Å². The van der Waals surface area contributed by atoms with Gasteiger partial charge in [0.1, 0.15) is 0 Å². The van der Waals surface area contributed by atoms with Crippen LogP contribution in [0.3, 0.4) is 0 Å². The van der Waals surface area contributed by atoms with E-state index in [-0.39, 0.29) is 16.2 Å². The highest BCUT2D eigenvalue weighted by Gasteiger charge is 2.59. The highest BCUT2D eigenvalue weighted by Crippen LogP contribution is 2.68. The first-order chi connectivity index (χ1) is 30.6. The van der Waals surface area contributed by atoms with E-state index in [9.17, 15) is 0 Å². The van der Waals surface area contributed by atoms with Crippen molar-refractivity contribution in [3.05, 3.63) is 205 Å². The molecule has 0 N–H and O–H groups in total. The second kappa shape index (κ2) is 13.5. The van der Waals surface area contributed by atoms with Crippen LogP contribution in [0.15, 0.2) is 194 Å². The molecular weight excluding hydrogens is 757 g/mol. The van der Waals surface area contributed by atoms with Gasteiger partial charge in [0.15, 0.2) is 0 Å². The molecule has 0 heteroatoms. The van der Waals surface area contributed by atoms with Crippen molar-refractivity contribution >= 4 is 64.6 Å². The molecule has 0 heterocycles. The quantitative estimate of drug-likeness (QED) is 0.123. The summed E-state index contributed by atoms with van der Waals surface area (Å²) in [5, 5.41) is 15.6. The van der Waals surface area contributed by atoms with Crippen molar-refractivity contribution < 1.29 is 0 Å². The lowest BCUT2D eigenvalue weighted by molar-refractivity contribution is 0.0965. The molecule has 0 bridgehead atoms. The minimum absolute atomic E-state index is 0.136. The summed E-state index contributed by atoms with van der Waals surface area (Å²) in [7, 11) is 0. The molecule has 0 saturated carbocycles. The Labute approximate surface area is 370 Å². The maximum atomic E-state index is 2.62. The fourth-order valence-corrected chi connectivity index (χ4v) is 12.7. The Morgan fingerprint density at radius 2 is 0.698 bits per heavy atom. The minimum Gasteiger partial charge on any atom is -0.0616 e. The van der Waals surface area contributed by atoms with Crippen LogP contribution < -0.4 is 0 Å². The van der Waals surface area contributed by atoms with E-state index in [1.165, 1.54) is 120 Å². The Bertz CT molecular complexity index is 3620. The van der Waals surface area contributed by atoms with Crippen LogP contribution >= 0.6 is 0 Å². The summed E-state index contributed by atoms with van der Waals surface area (Å²) in [6, 6.07) is 73.3. The van der Waals surface area contributed by atoms with Gasteiger partial charge in [-0.3, -0.25) is 0 Å². The van der Waals surface area contributed by atoms with Crippen molar-refractivity contribution in [3.8, 4) is 44.5 Å². The van der Waals surface area contributed by atoms with Gasteiger partial charge in [0.05, 0.1) is 0 Å². The van der Waals surface area contributed by atoms with E-state index in [4.69, 9.17) is 0 Å². The number of benzene rings is 11. The van der Waals surface area contributed by atoms with Crippen molar-refractivity contribution in [2.24, 2.45) is 10.8 Å². The molecule has 0 nitrogen and oxygen atoms in total. The Morgan fingerprint density at radius 1 is 0.286 bits per heavy atom. The number of rotatable bonds is 3. The number of hydrogen-bond acceptors (Lipinski definition) is 0. The minimum atomic E-state index is -0.324. The molecule has 1 aliphatic rings. The lowest BCUT2D eigenvalue weighted by atomic mass is 9.49. The highest BCUT2D eigenvalue weighted by atomic mass is 14.6. The van der Waals surface area contributed by atoms with E-state index < -0.39 is 0 Å². The maximum absolute atomic E-state index is 2.62. The first-order valence-electron chi connectivity index (χ1n) is 22.6. The van der Waals surface area contributed by atoms with Gasteiger partial charge in [-0.25, -0.2) is 0 Å². The molecule has 11 aromatic rings. The lowest BCUT2D eigenvalue weighted by Gasteiger charge is -2.53. The Hall–Kier alpha value is -7.02. The smallest absolute Gasteiger partial charge is 0.0318 e.